The van der Waals surface area contributed by atoms with E-state index in [0.717, 1.165) is 23.7 Å². The van der Waals surface area contributed by atoms with Gasteiger partial charge in [0.05, 0.1) is 0 Å². The van der Waals surface area contributed by atoms with Crippen molar-refractivity contribution in [3.63, 3.8) is 0 Å². The molecule has 3 saturated carbocycles. The Kier molecular flexibility index (Phi) is 2.08. The topological polar surface area (TPSA) is 0 Å². The fourth-order valence-electron chi connectivity index (χ4n) is 4.37. The molecule has 0 aromatic carbocycles. The van der Waals surface area contributed by atoms with Gasteiger partial charge in [-0.3, -0.25) is 0 Å². The van der Waals surface area contributed by atoms with Gasteiger partial charge in [-0.15, -0.1) is 0 Å². The summed E-state index contributed by atoms with van der Waals surface area (Å²) >= 11 is 0. The first-order chi connectivity index (χ1) is 6.21. The minimum atomic E-state index is 0.522. The van der Waals surface area contributed by atoms with Crippen LogP contribution >= 0.6 is 0 Å². The van der Waals surface area contributed by atoms with Crippen LogP contribution in [0, 0.1) is 34.5 Å². The van der Waals surface area contributed by atoms with Crippen molar-refractivity contribution in [3.05, 3.63) is 0 Å². The molecule has 0 nitrogen and oxygen atoms in total. The second-order valence-electron chi connectivity index (χ2n) is 7.78. The van der Waals surface area contributed by atoms with Crippen LogP contribution in [0.3, 0.4) is 0 Å². The Morgan fingerprint density at radius 1 is 0.643 bits per heavy atom. The summed E-state index contributed by atoms with van der Waals surface area (Å²) in [7, 11) is 0. The normalized spacial score (nSPS) is 42.4. The highest BCUT2D eigenvalue weighted by Crippen LogP contribution is 2.65. The standard InChI is InChI=1S/C14H26/c1-13(2,3)11-9-7-10(8-9)12(11)14(4,5)6/h9-12H,7-8H2,1-6H3/t9?,10?,11-,12+. The quantitative estimate of drug-likeness (QED) is 0.538. The molecule has 0 aromatic heterocycles. The molecule has 0 radical (unpaired) electrons. The Labute approximate surface area is 89.5 Å². The smallest absolute Gasteiger partial charge is 0.0301 e. The molecule has 0 N–H and O–H groups in total. The molecule has 3 aliphatic carbocycles. The van der Waals surface area contributed by atoms with Crippen LogP contribution in [0.2, 0.25) is 0 Å². The van der Waals surface area contributed by atoms with E-state index in [1.54, 1.807) is 0 Å². The molecule has 0 aliphatic heterocycles. The molecule has 2 atom stereocenters. The summed E-state index contributed by atoms with van der Waals surface area (Å²) in [6.45, 7) is 14.6. The number of rotatable bonds is 0. The third-order valence-corrected chi connectivity index (χ3v) is 4.61. The van der Waals surface area contributed by atoms with Gasteiger partial charge < -0.3 is 0 Å². The second-order valence-corrected chi connectivity index (χ2v) is 7.78. The van der Waals surface area contributed by atoms with Crippen LogP contribution < -0.4 is 0 Å². The molecule has 3 rings (SSSR count). The predicted octanol–water partition coefficient (Wildman–Crippen LogP) is 4.35. The summed E-state index contributed by atoms with van der Waals surface area (Å²) in [4.78, 5) is 0. The molecule has 14 heavy (non-hydrogen) atoms. The molecular formula is C14H26. The molecule has 3 aliphatic rings. The summed E-state index contributed by atoms with van der Waals surface area (Å²) in [5.74, 6) is 4.08. The monoisotopic (exact) mass is 194 g/mol. The van der Waals surface area contributed by atoms with Gasteiger partial charge in [0, 0.05) is 0 Å². The fourth-order valence-corrected chi connectivity index (χ4v) is 4.37. The van der Waals surface area contributed by atoms with Crippen molar-refractivity contribution in [3.8, 4) is 0 Å². The van der Waals surface area contributed by atoms with E-state index in [1.165, 1.54) is 12.8 Å². The van der Waals surface area contributed by atoms with Gasteiger partial charge in [-0.2, -0.15) is 0 Å². The predicted molar refractivity (Wildman–Crippen MR) is 62.1 cm³/mol. The molecule has 2 bridgehead atoms. The van der Waals surface area contributed by atoms with Crippen LogP contribution in [0.1, 0.15) is 54.4 Å². The highest BCUT2D eigenvalue weighted by Gasteiger charge is 2.58. The largest absolute Gasteiger partial charge is 0.0599 e. The van der Waals surface area contributed by atoms with Crippen molar-refractivity contribution < 1.29 is 0 Å². The lowest BCUT2D eigenvalue weighted by molar-refractivity contribution is 0.0942. The zero-order valence-corrected chi connectivity index (χ0v) is 10.7. The first-order valence-electron chi connectivity index (χ1n) is 6.21. The molecule has 82 valence electrons. The maximum absolute atomic E-state index is 2.44. The van der Waals surface area contributed by atoms with Crippen LogP contribution in [0.4, 0.5) is 0 Å². The zero-order chi connectivity index (χ0) is 10.7. The summed E-state index contributed by atoms with van der Waals surface area (Å²) < 4.78 is 0. The van der Waals surface area contributed by atoms with E-state index in [1.807, 2.05) is 0 Å². The Morgan fingerprint density at radius 3 is 1.14 bits per heavy atom. The van der Waals surface area contributed by atoms with Gasteiger partial charge in [-0.25, -0.2) is 0 Å². The molecule has 3 fully saturated rings. The minimum Gasteiger partial charge on any atom is -0.0599 e. The average molecular weight is 194 g/mol. The Bertz CT molecular complexity index is 195. The van der Waals surface area contributed by atoms with E-state index < -0.39 is 0 Å². The van der Waals surface area contributed by atoms with Crippen molar-refractivity contribution in [1.82, 2.24) is 0 Å². The first kappa shape index (κ1) is 10.5. The number of hydrogen-bond donors (Lipinski definition) is 0. The van der Waals surface area contributed by atoms with E-state index >= 15 is 0 Å². The van der Waals surface area contributed by atoms with E-state index in [9.17, 15) is 0 Å². The van der Waals surface area contributed by atoms with Crippen molar-refractivity contribution in [2.24, 2.45) is 34.5 Å². The zero-order valence-electron chi connectivity index (χ0n) is 10.7. The van der Waals surface area contributed by atoms with Crippen molar-refractivity contribution in [2.45, 2.75) is 54.4 Å². The van der Waals surface area contributed by atoms with E-state index in [4.69, 9.17) is 0 Å². The first-order valence-corrected chi connectivity index (χ1v) is 6.21. The fraction of sp³-hybridized carbons (Fsp3) is 1.00. The van der Waals surface area contributed by atoms with Gasteiger partial charge in [0.2, 0.25) is 0 Å². The van der Waals surface area contributed by atoms with Crippen molar-refractivity contribution in [1.29, 1.82) is 0 Å². The molecule has 0 aromatic rings. The highest BCUT2D eigenvalue weighted by molar-refractivity contribution is 5.07. The Balaban J connectivity index is 2.24. The van der Waals surface area contributed by atoms with Crippen LogP contribution in [0.25, 0.3) is 0 Å². The number of fused-ring (bicyclic) bond motifs is 1. The van der Waals surface area contributed by atoms with Crippen LogP contribution in [-0.4, -0.2) is 0 Å². The maximum atomic E-state index is 2.44. The summed E-state index contributed by atoms with van der Waals surface area (Å²) in [5, 5.41) is 0. The molecular weight excluding hydrogens is 168 g/mol. The lowest BCUT2D eigenvalue weighted by atomic mass is 9.66. The maximum Gasteiger partial charge on any atom is -0.0301 e. The van der Waals surface area contributed by atoms with E-state index in [0.29, 0.717) is 10.8 Å². The average Bonchev–Trinajstić information content (AvgIpc) is 2.29. The summed E-state index contributed by atoms with van der Waals surface area (Å²) in [6.07, 6.45) is 3.06. The van der Waals surface area contributed by atoms with Crippen LogP contribution in [0.5, 0.6) is 0 Å². The summed E-state index contributed by atoms with van der Waals surface area (Å²) in [5.41, 5.74) is 1.04. The number of hydrogen-bond acceptors (Lipinski definition) is 0. The third-order valence-electron chi connectivity index (χ3n) is 4.61. The molecule has 0 saturated heterocycles. The molecule has 0 amide bonds. The van der Waals surface area contributed by atoms with Crippen LogP contribution in [-0.2, 0) is 0 Å². The van der Waals surface area contributed by atoms with Crippen LogP contribution in [0.15, 0.2) is 0 Å². The Morgan fingerprint density at radius 2 is 0.929 bits per heavy atom. The lowest BCUT2D eigenvalue weighted by Crippen LogP contribution is -2.33. The molecule has 0 spiro atoms. The molecule has 0 heterocycles. The molecule has 0 unspecified atom stereocenters. The lowest BCUT2D eigenvalue weighted by Gasteiger charge is -2.39. The van der Waals surface area contributed by atoms with Gasteiger partial charge in [0.1, 0.15) is 0 Å². The van der Waals surface area contributed by atoms with Gasteiger partial charge >= 0.3 is 0 Å². The Hall–Kier alpha value is 0. The van der Waals surface area contributed by atoms with Gasteiger partial charge in [-0.05, 0) is 47.3 Å². The van der Waals surface area contributed by atoms with Gasteiger partial charge in [0.15, 0.2) is 0 Å². The van der Waals surface area contributed by atoms with Crippen molar-refractivity contribution >= 4 is 0 Å². The SMILES string of the molecule is CC(C)(C)[C@@H]1C2CC(C2)[C@@H]1C(C)(C)C. The highest BCUT2D eigenvalue weighted by atomic mass is 14.6. The molecule has 0 heteroatoms. The van der Waals surface area contributed by atoms with E-state index in [2.05, 4.69) is 41.5 Å². The van der Waals surface area contributed by atoms with Gasteiger partial charge in [0.25, 0.3) is 0 Å². The second kappa shape index (κ2) is 2.77. The minimum absolute atomic E-state index is 0.522. The van der Waals surface area contributed by atoms with Crippen molar-refractivity contribution in [2.75, 3.05) is 0 Å². The summed E-state index contributed by atoms with van der Waals surface area (Å²) in [6, 6.07) is 0. The third kappa shape index (κ3) is 1.42. The van der Waals surface area contributed by atoms with Gasteiger partial charge in [-0.1, -0.05) is 41.5 Å². The van der Waals surface area contributed by atoms with E-state index in [-0.39, 0.29) is 0 Å².